The molecule has 0 unspecified atom stereocenters. The third-order valence-electron chi connectivity index (χ3n) is 4.13. The molecule has 0 radical (unpaired) electrons. The predicted molar refractivity (Wildman–Crippen MR) is 117 cm³/mol. The second kappa shape index (κ2) is 8.55. The molecule has 0 spiro atoms. The minimum Gasteiger partial charge on any atom is -0.450 e. The lowest BCUT2D eigenvalue weighted by Gasteiger charge is -2.06. The van der Waals surface area contributed by atoms with Crippen molar-refractivity contribution in [2.24, 2.45) is 5.10 Å². The summed E-state index contributed by atoms with van der Waals surface area (Å²) in [5.41, 5.74) is 3.68. The number of non-ortho nitro benzene ring substituents is 1. The molecule has 4 rings (SSSR count). The first-order valence-electron chi connectivity index (χ1n) is 8.85. The smallest absolute Gasteiger partial charge is 0.318 e. The van der Waals surface area contributed by atoms with Crippen LogP contribution in [-0.4, -0.2) is 21.0 Å². The minimum absolute atomic E-state index is 0.0884. The third kappa shape index (κ3) is 4.62. The normalized spacial score (nSPS) is 11.0. The van der Waals surface area contributed by atoms with Crippen LogP contribution >= 0.6 is 11.3 Å². The van der Waals surface area contributed by atoms with Crippen molar-refractivity contribution in [1.82, 2.24) is 4.98 Å². The summed E-state index contributed by atoms with van der Waals surface area (Å²) in [6, 6.07) is 17.7. The molecule has 31 heavy (non-hydrogen) atoms. The number of nitrogens with one attached hydrogen (secondary N) is 1. The Morgan fingerprint density at radius 3 is 2.48 bits per heavy atom. The molecule has 3 aromatic carbocycles. The number of nitro benzene ring substituents is 2. The van der Waals surface area contributed by atoms with Gasteiger partial charge in [0.15, 0.2) is 0 Å². The molecule has 0 aliphatic rings. The summed E-state index contributed by atoms with van der Waals surface area (Å²) in [4.78, 5) is 25.0. The molecule has 0 bridgehead atoms. The van der Waals surface area contributed by atoms with Crippen molar-refractivity contribution in [2.75, 3.05) is 5.43 Å². The molecule has 0 saturated heterocycles. The van der Waals surface area contributed by atoms with E-state index in [2.05, 4.69) is 15.5 Å². The second-order valence-corrected chi connectivity index (χ2v) is 7.22. The van der Waals surface area contributed by atoms with Gasteiger partial charge >= 0.3 is 5.69 Å². The molecule has 1 aromatic heterocycles. The van der Waals surface area contributed by atoms with Crippen LogP contribution in [0.3, 0.4) is 0 Å². The maximum absolute atomic E-state index is 11.2. The van der Waals surface area contributed by atoms with Gasteiger partial charge in [0.25, 0.3) is 5.69 Å². The van der Waals surface area contributed by atoms with E-state index in [4.69, 9.17) is 4.74 Å². The van der Waals surface area contributed by atoms with Gasteiger partial charge in [-0.2, -0.15) is 5.10 Å². The van der Waals surface area contributed by atoms with E-state index in [9.17, 15) is 20.2 Å². The predicted octanol–water partition coefficient (Wildman–Crippen LogP) is 5.35. The van der Waals surface area contributed by atoms with Crippen molar-refractivity contribution in [2.45, 2.75) is 0 Å². The highest BCUT2D eigenvalue weighted by molar-refractivity contribution is 7.22. The molecule has 154 valence electrons. The SMILES string of the molecule is O=[N+]([O-])c1ccc(Oc2ccc(/C=N\Nc3nc4ccccc4s3)cc2)c([N+](=O)[O-])c1. The summed E-state index contributed by atoms with van der Waals surface area (Å²) in [5.74, 6) is 0.253. The molecular weight excluding hydrogens is 422 g/mol. The van der Waals surface area contributed by atoms with Crippen LogP contribution in [0.4, 0.5) is 16.5 Å². The molecule has 10 nitrogen and oxygen atoms in total. The number of nitro groups is 2. The summed E-state index contributed by atoms with van der Waals surface area (Å²) >= 11 is 1.49. The van der Waals surface area contributed by atoms with Gasteiger partial charge in [0.05, 0.1) is 32.3 Å². The minimum atomic E-state index is -0.725. The van der Waals surface area contributed by atoms with Gasteiger partial charge in [0.2, 0.25) is 10.9 Å². The van der Waals surface area contributed by atoms with Crippen LogP contribution in [0.15, 0.2) is 71.8 Å². The Balaban J connectivity index is 1.44. The fraction of sp³-hybridized carbons (Fsp3) is 0. The summed E-state index contributed by atoms with van der Waals surface area (Å²) in [6.07, 6.45) is 1.60. The van der Waals surface area contributed by atoms with E-state index in [0.717, 1.165) is 27.9 Å². The molecule has 0 aliphatic heterocycles. The van der Waals surface area contributed by atoms with Gasteiger partial charge in [-0.25, -0.2) is 4.98 Å². The molecular formula is C20H13N5O5S. The Hall–Kier alpha value is -4.38. The molecule has 0 amide bonds. The maximum Gasteiger partial charge on any atom is 0.318 e. The zero-order chi connectivity index (χ0) is 21.8. The number of anilines is 1. The number of hydrogen-bond donors (Lipinski definition) is 1. The lowest BCUT2D eigenvalue weighted by molar-refractivity contribution is -0.394. The number of fused-ring (bicyclic) bond motifs is 1. The van der Waals surface area contributed by atoms with Gasteiger partial charge < -0.3 is 4.74 Å². The highest BCUT2D eigenvalue weighted by Gasteiger charge is 2.21. The summed E-state index contributed by atoms with van der Waals surface area (Å²) < 4.78 is 6.59. The summed E-state index contributed by atoms with van der Waals surface area (Å²) in [5, 5.41) is 26.9. The number of hydrazone groups is 1. The van der Waals surface area contributed by atoms with Gasteiger partial charge in [0.1, 0.15) is 5.75 Å². The zero-order valence-corrected chi connectivity index (χ0v) is 16.5. The van der Waals surface area contributed by atoms with Crippen molar-refractivity contribution in [3.63, 3.8) is 0 Å². The molecule has 0 saturated carbocycles. The van der Waals surface area contributed by atoms with E-state index >= 15 is 0 Å². The van der Waals surface area contributed by atoms with Crippen LogP contribution in [0, 0.1) is 20.2 Å². The van der Waals surface area contributed by atoms with Crippen LogP contribution in [0.25, 0.3) is 10.2 Å². The molecule has 1 heterocycles. The van der Waals surface area contributed by atoms with Crippen LogP contribution in [0.5, 0.6) is 11.5 Å². The largest absolute Gasteiger partial charge is 0.450 e. The van der Waals surface area contributed by atoms with Crippen LogP contribution in [0.1, 0.15) is 5.56 Å². The first-order valence-corrected chi connectivity index (χ1v) is 9.66. The average molecular weight is 435 g/mol. The molecule has 0 aliphatic carbocycles. The van der Waals surface area contributed by atoms with Crippen LogP contribution in [0.2, 0.25) is 0 Å². The van der Waals surface area contributed by atoms with Gasteiger partial charge in [-0.05, 0) is 48.0 Å². The molecule has 0 atom stereocenters. The Morgan fingerprint density at radius 1 is 1.00 bits per heavy atom. The topological polar surface area (TPSA) is 133 Å². The van der Waals surface area contributed by atoms with E-state index in [1.807, 2.05) is 24.3 Å². The highest BCUT2D eigenvalue weighted by atomic mass is 32.1. The number of para-hydroxylation sites is 1. The molecule has 4 aromatic rings. The number of ether oxygens (including phenoxy) is 1. The summed E-state index contributed by atoms with van der Waals surface area (Å²) in [7, 11) is 0. The van der Waals surface area contributed by atoms with Gasteiger partial charge in [-0.1, -0.05) is 23.5 Å². The second-order valence-electron chi connectivity index (χ2n) is 6.19. The number of rotatable bonds is 7. The van der Waals surface area contributed by atoms with Gasteiger partial charge in [0, 0.05) is 6.07 Å². The van der Waals surface area contributed by atoms with Crippen molar-refractivity contribution < 1.29 is 14.6 Å². The Labute approximate surface area is 178 Å². The number of hydrogen-bond acceptors (Lipinski definition) is 9. The molecule has 1 N–H and O–H groups in total. The van der Waals surface area contributed by atoms with Crippen molar-refractivity contribution in [1.29, 1.82) is 0 Å². The average Bonchev–Trinajstić information content (AvgIpc) is 3.18. The monoisotopic (exact) mass is 435 g/mol. The molecule has 0 fully saturated rings. The number of nitrogens with zero attached hydrogens (tertiary/aromatic N) is 4. The van der Waals surface area contributed by atoms with E-state index in [1.165, 1.54) is 17.4 Å². The van der Waals surface area contributed by atoms with E-state index < -0.39 is 15.5 Å². The Morgan fingerprint density at radius 2 is 1.77 bits per heavy atom. The fourth-order valence-electron chi connectivity index (χ4n) is 2.68. The number of thiazole rings is 1. The lowest BCUT2D eigenvalue weighted by atomic mass is 10.2. The standard InChI is InChI=1S/C20H13N5O5S/c26-24(27)14-7-10-18(17(11-14)25(28)29)30-15-8-5-13(6-9-15)12-21-23-20-22-16-3-1-2-4-19(16)31-20/h1-12H,(H,22,23)/b21-12-. The van der Waals surface area contributed by atoms with Crippen LogP contribution < -0.4 is 10.2 Å². The van der Waals surface area contributed by atoms with Gasteiger partial charge in [-0.15, -0.1) is 0 Å². The summed E-state index contributed by atoms with van der Waals surface area (Å²) in [6.45, 7) is 0. The van der Waals surface area contributed by atoms with Crippen molar-refractivity contribution in [3.05, 3.63) is 92.5 Å². The van der Waals surface area contributed by atoms with Crippen molar-refractivity contribution in [3.8, 4) is 11.5 Å². The Bertz CT molecular complexity index is 1270. The lowest BCUT2D eigenvalue weighted by Crippen LogP contribution is -1.96. The number of benzene rings is 3. The quantitative estimate of drug-likeness (QED) is 0.235. The maximum atomic E-state index is 11.2. The first-order chi connectivity index (χ1) is 15.0. The molecule has 11 heteroatoms. The Kier molecular flexibility index (Phi) is 5.49. The number of aromatic nitrogens is 1. The van der Waals surface area contributed by atoms with Crippen LogP contribution in [-0.2, 0) is 0 Å². The zero-order valence-electron chi connectivity index (χ0n) is 15.7. The van der Waals surface area contributed by atoms with Crippen molar-refractivity contribution >= 4 is 44.3 Å². The van der Waals surface area contributed by atoms with Gasteiger partial charge in [-0.3, -0.25) is 25.7 Å². The van der Waals surface area contributed by atoms with E-state index in [0.29, 0.717) is 10.9 Å². The first kappa shape index (κ1) is 19.9. The fourth-order valence-corrected chi connectivity index (χ4v) is 3.49. The van der Waals surface area contributed by atoms with E-state index in [1.54, 1.807) is 30.5 Å². The highest BCUT2D eigenvalue weighted by Crippen LogP contribution is 2.34. The third-order valence-corrected chi connectivity index (χ3v) is 5.07. The van der Waals surface area contributed by atoms with E-state index in [-0.39, 0.29) is 11.4 Å².